The number of hydrogen-bond donors (Lipinski definition) is 5. The van der Waals surface area contributed by atoms with Crippen molar-refractivity contribution in [3.63, 3.8) is 0 Å². The number of benzene rings is 2. The van der Waals surface area contributed by atoms with E-state index in [9.17, 15) is 33.9 Å². The highest BCUT2D eigenvalue weighted by Crippen LogP contribution is 2.29. The average molecular weight is 870 g/mol. The van der Waals surface area contributed by atoms with E-state index in [0.29, 0.717) is 70.7 Å². The first-order valence-electron chi connectivity index (χ1n) is 21.6. The number of nitrogens with one attached hydrogen (secondary N) is 4. The maximum absolute atomic E-state index is 13.0. The zero-order valence-electron chi connectivity index (χ0n) is 35.2. The summed E-state index contributed by atoms with van der Waals surface area (Å²) < 4.78 is 16.8. The lowest BCUT2D eigenvalue weighted by Gasteiger charge is -2.32. The summed E-state index contributed by atoms with van der Waals surface area (Å²) in [4.78, 5) is 88.7. The smallest absolute Gasteiger partial charge is 0.270 e. The van der Waals surface area contributed by atoms with E-state index in [4.69, 9.17) is 14.2 Å². The lowest BCUT2D eigenvalue weighted by atomic mass is 10.00. The molecule has 2 fully saturated rings. The van der Waals surface area contributed by atoms with Crippen LogP contribution >= 0.6 is 0 Å². The van der Waals surface area contributed by atoms with E-state index < -0.39 is 35.8 Å². The molecule has 3 aromatic rings. The lowest BCUT2D eigenvalue weighted by Crippen LogP contribution is -2.54. The maximum atomic E-state index is 13.0. The molecule has 0 radical (unpaired) electrons. The average Bonchev–Trinajstić information content (AvgIpc) is 3.53. The van der Waals surface area contributed by atoms with Crippen LogP contribution in [-0.2, 0) is 41.6 Å². The number of aliphatic hydroxyl groups is 1. The molecule has 63 heavy (non-hydrogen) atoms. The van der Waals surface area contributed by atoms with Gasteiger partial charge in [-0.05, 0) is 55.0 Å². The molecule has 19 nitrogen and oxygen atoms in total. The van der Waals surface area contributed by atoms with Crippen molar-refractivity contribution in [2.24, 2.45) is 0 Å². The van der Waals surface area contributed by atoms with Gasteiger partial charge in [-0.15, -0.1) is 0 Å². The molecule has 6 amide bonds. The number of rotatable bonds is 21. The van der Waals surface area contributed by atoms with Gasteiger partial charge in [-0.1, -0.05) is 24.3 Å². The van der Waals surface area contributed by atoms with Crippen molar-refractivity contribution in [1.82, 2.24) is 35.3 Å². The fourth-order valence-corrected chi connectivity index (χ4v) is 8.12. The summed E-state index contributed by atoms with van der Waals surface area (Å²) in [6.07, 6.45) is 3.45. The van der Waals surface area contributed by atoms with Gasteiger partial charge in [0.15, 0.2) is 0 Å². The van der Waals surface area contributed by atoms with Crippen LogP contribution in [0.1, 0.15) is 74.4 Å². The number of hydrogen-bond acceptors (Lipinski definition) is 15. The van der Waals surface area contributed by atoms with Crippen LogP contribution < -0.4 is 21.3 Å². The van der Waals surface area contributed by atoms with Crippen LogP contribution in [0, 0.1) is 0 Å². The van der Waals surface area contributed by atoms with Crippen LogP contribution in [0.25, 0.3) is 0 Å². The van der Waals surface area contributed by atoms with E-state index in [2.05, 4.69) is 48.3 Å². The quantitative estimate of drug-likeness (QED) is 0.0742. The Morgan fingerprint density at radius 1 is 0.825 bits per heavy atom. The normalized spacial score (nSPS) is 18.5. The van der Waals surface area contributed by atoms with Crippen molar-refractivity contribution >= 4 is 46.9 Å². The van der Waals surface area contributed by atoms with Crippen molar-refractivity contribution in [3.05, 3.63) is 82.8 Å². The molecular weight excluding hydrogens is 815 g/mol. The Bertz CT molecular complexity index is 2130. The summed E-state index contributed by atoms with van der Waals surface area (Å²) in [6, 6.07) is 13.8. The van der Waals surface area contributed by atoms with Gasteiger partial charge in [0.2, 0.25) is 17.7 Å². The zero-order chi connectivity index (χ0) is 44.1. The lowest BCUT2D eigenvalue weighted by molar-refractivity contribution is -0.136. The number of carbonyl (C=O) groups excluding carboxylic acids is 6. The molecule has 2 aromatic carbocycles. The molecule has 0 aliphatic carbocycles. The second-order valence-corrected chi connectivity index (χ2v) is 15.9. The third kappa shape index (κ3) is 12.2. The first kappa shape index (κ1) is 45.2. The summed E-state index contributed by atoms with van der Waals surface area (Å²) in [5, 5.41) is 22.1. The molecule has 4 aliphatic rings. The van der Waals surface area contributed by atoms with Gasteiger partial charge in [0.25, 0.3) is 17.7 Å². The first-order valence-corrected chi connectivity index (χ1v) is 21.6. The van der Waals surface area contributed by atoms with E-state index in [1.807, 2.05) is 17.0 Å². The summed E-state index contributed by atoms with van der Waals surface area (Å²) in [7, 11) is 0. The van der Waals surface area contributed by atoms with E-state index in [1.54, 1.807) is 24.3 Å². The molecule has 2 saturated heterocycles. The minimum absolute atomic E-state index is 0.0267. The molecule has 1 aromatic heterocycles. The van der Waals surface area contributed by atoms with Gasteiger partial charge in [0.05, 0.1) is 63.3 Å². The number of likely N-dealkylation sites (tertiary alicyclic amines) is 1. The molecule has 336 valence electrons. The van der Waals surface area contributed by atoms with Crippen molar-refractivity contribution < 1.29 is 48.1 Å². The number of anilines is 2. The third-order valence-electron chi connectivity index (χ3n) is 11.5. The van der Waals surface area contributed by atoms with E-state index >= 15 is 0 Å². The van der Waals surface area contributed by atoms with E-state index in [1.165, 1.54) is 17.5 Å². The molecule has 0 saturated carbocycles. The second kappa shape index (κ2) is 22.0. The van der Waals surface area contributed by atoms with Crippen LogP contribution in [0.2, 0.25) is 0 Å². The second-order valence-electron chi connectivity index (χ2n) is 15.9. The molecule has 7 rings (SSSR count). The number of piperidine rings is 2. The van der Waals surface area contributed by atoms with Crippen molar-refractivity contribution in [2.75, 3.05) is 89.5 Å². The molecular formula is C44H55N9O10. The van der Waals surface area contributed by atoms with Gasteiger partial charge in [-0.3, -0.25) is 43.9 Å². The molecule has 4 aliphatic heterocycles. The van der Waals surface area contributed by atoms with Crippen molar-refractivity contribution in [1.29, 1.82) is 0 Å². The van der Waals surface area contributed by atoms with Gasteiger partial charge < -0.3 is 40.2 Å². The highest BCUT2D eigenvalue weighted by molar-refractivity contribution is 6.23. The molecule has 19 heteroatoms. The number of nitrogens with zero attached hydrogens (tertiary/aromatic N) is 5. The number of fused-ring (bicyclic) bond motifs is 2. The van der Waals surface area contributed by atoms with Gasteiger partial charge in [-0.25, -0.2) is 9.97 Å². The Morgan fingerprint density at radius 3 is 2.33 bits per heavy atom. The molecule has 0 bridgehead atoms. The Hall–Kier alpha value is -5.86. The maximum Gasteiger partial charge on any atom is 0.270 e. The standard InChI is InChI=1S/C44H55N9O10/c54-33(27-51-14-9-29-3-1-2-4-30(29)26-51)25-46-41(57)36-24-38(48-28-47-36)49-31-10-15-52(16-11-31)40(56)12-17-61-19-21-63-22-20-62-18-13-45-32-5-6-34-35(23-32)44(60)53(43(34)59)37-7-8-39(55)50-42(37)58/h1-6,23-24,28,31,33,37,45,54H,7-22,25-27H2,(H,46,57)(H,47,48,49)(H,50,55,58)/t33-,37?/m0/s1. The Labute approximate surface area is 365 Å². The van der Waals surface area contributed by atoms with E-state index in [-0.39, 0.29) is 67.1 Å². The number of β-amino-alcohol motifs (C(OH)–C–C–N with tert-alkyl or cyclic N) is 1. The fraction of sp³-hybridized carbons (Fsp3) is 0.500. The number of carbonyl (C=O) groups is 6. The third-order valence-corrected chi connectivity index (χ3v) is 11.5. The molecule has 2 atom stereocenters. The van der Waals surface area contributed by atoms with Crippen LogP contribution in [0.3, 0.4) is 0 Å². The number of aliphatic hydroxyl groups excluding tert-OH is 1. The van der Waals surface area contributed by atoms with Gasteiger partial charge in [0.1, 0.15) is 23.9 Å². The summed E-state index contributed by atoms with van der Waals surface area (Å²) in [5.74, 6) is -2.01. The van der Waals surface area contributed by atoms with Crippen molar-refractivity contribution in [3.8, 4) is 0 Å². The van der Waals surface area contributed by atoms with Crippen LogP contribution in [-0.4, -0.2) is 162 Å². The SMILES string of the molecule is O=C1CCC(N2C(=O)c3ccc(NCCOCCOCCOCCC(=O)N4CCC(Nc5cc(C(=O)NC[C@H](O)CN6CCc7ccccc7C6)ncn5)CC4)cc3C2=O)C(=O)N1. The number of ether oxygens (including phenoxy) is 3. The Morgan fingerprint density at radius 2 is 1.56 bits per heavy atom. The monoisotopic (exact) mass is 869 g/mol. The van der Waals surface area contributed by atoms with Gasteiger partial charge >= 0.3 is 0 Å². The molecule has 5 heterocycles. The Balaban J connectivity index is 0.688. The molecule has 0 spiro atoms. The highest BCUT2D eigenvalue weighted by Gasteiger charge is 2.44. The highest BCUT2D eigenvalue weighted by atomic mass is 16.5. The summed E-state index contributed by atoms with van der Waals surface area (Å²) in [6.45, 7) is 5.91. The predicted molar refractivity (Wildman–Crippen MR) is 228 cm³/mol. The minimum Gasteiger partial charge on any atom is -0.390 e. The fourth-order valence-electron chi connectivity index (χ4n) is 8.12. The zero-order valence-corrected chi connectivity index (χ0v) is 35.2. The topological polar surface area (TPSA) is 234 Å². The first-order chi connectivity index (χ1) is 30.6. The summed E-state index contributed by atoms with van der Waals surface area (Å²) in [5.41, 5.74) is 3.87. The van der Waals surface area contributed by atoms with Gasteiger partial charge in [-0.2, -0.15) is 0 Å². The predicted octanol–water partition coefficient (Wildman–Crippen LogP) is 0.982. The summed E-state index contributed by atoms with van der Waals surface area (Å²) >= 11 is 0. The van der Waals surface area contributed by atoms with Crippen LogP contribution in [0.5, 0.6) is 0 Å². The molecule has 1 unspecified atom stereocenters. The van der Waals surface area contributed by atoms with Crippen LogP contribution in [0.15, 0.2) is 54.9 Å². The minimum atomic E-state index is -1.01. The van der Waals surface area contributed by atoms with E-state index in [0.717, 1.165) is 37.3 Å². The molecule has 5 N–H and O–H groups in total. The van der Waals surface area contributed by atoms with Crippen LogP contribution in [0.4, 0.5) is 11.5 Å². The van der Waals surface area contributed by atoms with Gasteiger partial charge in [0, 0.05) is 70.0 Å². The van der Waals surface area contributed by atoms with Crippen molar-refractivity contribution in [2.45, 2.75) is 63.3 Å². The number of aromatic nitrogens is 2. The number of amides is 6. The number of imide groups is 2. The Kier molecular flexibility index (Phi) is 15.8. The largest absolute Gasteiger partial charge is 0.390 e.